The molecule has 0 bridgehead atoms. The van der Waals surface area contributed by atoms with Gasteiger partial charge in [0.1, 0.15) is 0 Å². The number of carbonyl (C=O) groups is 1. The second-order valence-electron chi connectivity index (χ2n) is 6.91. The van der Waals surface area contributed by atoms with E-state index >= 15 is 0 Å². The van der Waals surface area contributed by atoms with Gasteiger partial charge in [-0.2, -0.15) is 5.10 Å². The van der Waals surface area contributed by atoms with E-state index in [4.69, 9.17) is 16.3 Å². The SMILES string of the molecule is Cc1ccc(Oc2ccc(Cl)cc2F)c(NC(=O)c2cccc(-c3cnn(C)c3)c2)n1. The van der Waals surface area contributed by atoms with Crippen LogP contribution in [0.25, 0.3) is 11.1 Å². The van der Waals surface area contributed by atoms with Crippen LogP contribution in [-0.4, -0.2) is 20.7 Å². The smallest absolute Gasteiger partial charge is 0.256 e. The summed E-state index contributed by atoms with van der Waals surface area (Å²) in [5.41, 5.74) is 2.86. The molecule has 0 fully saturated rings. The highest BCUT2D eigenvalue weighted by Crippen LogP contribution is 2.31. The number of benzene rings is 2. The molecule has 0 atom stereocenters. The summed E-state index contributed by atoms with van der Waals surface area (Å²) >= 11 is 5.80. The van der Waals surface area contributed by atoms with Gasteiger partial charge in [0.25, 0.3) is 5.91 Å². The van der Waals surface area contributed by atoms with Crippen molar-refractivity contribution in [2.45, 2.75) is 6.92 Å². The zero-order valence-electron chi connectivity index (χ0n) is 16.8. The molecule has 6 nitrogen and oxygen atoms in total. The van der Waals surface area contributed by atoms with E-state index in [9.17, 15) is 9.18 Å². The van der Waals surface area contributed by atoms with Crippen LogP contribution in [0.3, 0.4) is 0 Å². The Labute approximate surface area is 183 Å². The second-order valence-corrected chi connectivity index (χ2v) is 7.35. The van der Waals surface area contributed by atoms with Crippen LogP contribution in [-0.2, 0) is 7.05 Å². The second kappa shape index (κ2) is 8.57. The van der Waals surface area contributed by atoms with E-state index in [0.29, 0.717) is 11.3 Å². The minimum Gasteiger partial charge on any atom is -0.450 e. The first-order valence-corrected chi connectivity index (χ1v) is 9.78. The monoisotopic (exact) mass is 436 g/mol. The van der Waals surface area contributed by atoms with Crippen LogP contribution < -0.4 is 10.1 Å². The molecule has 4 rings (SSSR count). The number of pyridine rings is 1. The zero-order chi connectivity index (χ0) is 22.0. The van der Waals surface area contributed by atoms with E-state index in [-0.39, 0.29) is 28.2 Å². The topological polar surface area (TPSA) is 69.0 Å². The lowest BCUT2D eigenvalue weighted by Gasteiger charge is -2.13. The van der Waals surface area contributed by atoms with Crippen LogP contribution in [0.15, 0.2) is 67.0 Å². The van der Waals surface area contributed by atoms with Gasteiger partial charge in [-0.05, 0) is 55.0 Å². The summed E-state index contributed by atoms with van der Waals surface area (Å²) in [6.45, 7) is 1.78. The minimum absolute atomic E-state index is 0.0240. The summed E-state index contributed by atoms with van der Waals surface area (Å²) in [6, 6.07) is 14.6. The first-order chi connectivity index (χ1) is 14.9. The molecular formula is C23H18ClFN4O2. The van der Waals surface area contributed by atoms with Gasteiger partial charge in [0.2, 0.25) is 0 Å². The Morgan fingerprint density at radius 3 is 2.65 bits per heavy atom. The average molecular weight is 437 g/mol. The molecule has 31 heavy (non-hydrogen) atoms. The molecule has 0 saturated carbocycles. The molecular weight excluding hydrogens is 419 g/mol. The number of anilines is 1. The van der Waals surface area contributed by atoms with Gasteiger partial charge in [-0.25, -0.2) is 9.37 Å². The molecule has 2 heterocycles. The molecule has 156 valence electrons. The standard InChI is InChI=1S/C23H18ClFN4O2/c1-14-6-8-21(31-20-9-7-18(24)11-19(20)25)22(27-14)28-23(30)16-5-3-4-15(10-16)17-12-26-29(2)13-17/h3-13H,1-2H3,(H,27,28,30). The van der Waals surface area contributed by atoms with Gasteiger partial charge in [0.15, 0.2) is 23.1 Å². The quantitative estimate of drug-likeness (QED) is 0.440. The maximum absolute atomic E-state index is 14.2. The summed E-state index contributed by atoms with van der Waals surface area (Å²) in [5, 5.41) is 7.18. The fraction of sp³-hybridized carbons (Fsp3) is 0.0870. The molecule has 0 radical (unpaired) electrons. The van der Waals surface area contributed by atoms with Gasteiger partial charge in [-0.15, -0.1) is 0 Å². The number of nitrogens with zero attached hydrogens (tertiary/aromatic N) is 3. The number of rotatable bonds is 5. The summed E-state index contributed by atoms with van der Waals surface area (Å²) < 4.78 is 21.5. The van der Waals surface area contributed by atoms with E-state index in [1.165, 1.54) is 12.1 Å². The Balaban J connectivity index is 1.60. The van der Waals surface area contributed by atoms with Crippen molar-refractivity contribution in [3.05, 3.63) is 89.1 Å². The minimum atomic E-state index is -0.616. The number of aryl methyl sites for hydroxylation is 2. The molecule has 0 aliphatic rings. The molecule has 0 unspecified atom stereocenters. The van der Waals surface area contributed by atoms with E-state index in [2.05, 4.69) is 15.4 Å². The number of aromatic nitrogens is 3. The predicted molar refractivity (Wildman–Crippen MR) is 117 cm³/mol. The number of hydrogen-bond acceptors (Lipinski definition) is 4. The summed E-state index contributed by atoms with van der Waals surface area (Å²) in [4.78, 5) is 17.3. The Morgan fingerprint density at radius 1 is 1.10 bits per heavy atom. The van der Waals surface area contributed by atoms with E-state index in [0.717, 1.165) is 17.2 Å². The highest BCUT2D eigenvalue weighted by atomic mass is 35.5. The molecule has 1 N–H and O–H groups in total. The van der Waals surface area contributed by atoms with Gasteiger partial charge in [0, 0.05) is 35.1 Å². The normalized spacial score (nSPS) is 10.7. The van der Waals surface area contributed by atoms with Gasteiger partial charge < -0.3 is 10.1 Å². The molecule has 0 aliphatic carbocycles. The van der Waals surface area contributed by atoms with Crippen LogP contribution in [0.2, 0.25) is 5.02 Å². The lowest BCUT2D eigenvalue weighted by atomic mass is 10.1. The van der Waals surface area contributed by atoms with E-state index in [1.54, 1.807) is 48.1 Å². The molecule has 0 saturated heterocycles. The van der Waals surface area contributed by atoms with Crippen LogP contribution in [0.1, 0.15) is 16.1 Å². The van der Waals surface area contributed by atoms with Crippen LogP contribution >= 0.6 is 11.6 Å². The molecule has 2 aromatic heterocycles. The summed E-state index contributed by atoms with van der Waals surface area (Å²) in [5.74, 6) is -0.612. The van der Waals surface area contributed by atoms with Gasteiger partial charge >= 0.3 is 0 Å². The van der Waals surface area contributed by atoms with Crippen LogP contribution in [0.5, 0.6) is 11.5 Å². The molecule has 0 spiro atoms. The number of halogens is 2. The van der Waals surface area contributed by atoms with Crippen molar-refractivity contribution in [2.24, 2.45) is 7.05 Å². The van der Waals surface area contributed by atoms with Gasteiger partial charge in [-0.3, -0.25) is 9.48 Å². The first-order valence-electron chi connectivity index (χ1n) is 9.40. The van der Waals surface area contributed by atoms with Crippen molar-refractivity contribution in [1.82, 2.24) is 14.8 Å². The Kier molecular flexibility index (Phi) is 5.68. The molecule has 2 aromatic carbocycles. The summed E-state index contributed by atoms with van der Waals surface area (Å²) in [6.07, 6.45) is 3.59. The maximum Gasteiger partial charge on any atom is 0.256 e. The zero-order valence-corrected chi connectivity index (χ0v) is 17.5. The number of hydrogen-bond donors (Lipinski definition) is 1. The molecule has 4 aromatic rings. The van der Waals surface area contributed by atoms with Gasteiger partial charge in [0.05, 0.1) is 6.20 Å². The van der Waals surface area contributed by atoms with Gasteiger partial charge in [-0.1, -0.05) is 23.7 Å². The van der Waals surface area contributed by atoms with Crippen molar-refractivity contribution in [3.63, 3.8) is 0 Å². The Hall–Kier alpha value is -3.71. The van der Waals surface area contributed by atoms with Crippen molar-refractivity contribution in [2.75, 3.05) is 5.32 Å². The molecule has 0 aliphatic heterocycles. The van der Waals surface area contributed by atoms with Crippen molar-refractivity contribution in [1.29, 1.82) is 0 Å². The van der Waals surface area contributed by atoms with Crippen LogP contribution in [0.4, 0.5) is 10.2 Å². The first kappa shape index (κ1) is 20.6. The van der Waals surface area contributed by atoms with E-state index in [1.807, 2.05) is 19.3 Å². The average Bonchev–Trinajstić information content (AvgIpc) is 3.18. The fourth-order valence-corrected chi connectivity index (χ4v) is 3.14. The number of ether oxygens (including phenoxy) is 1. The third-order valence-corrected chi connectivity index (χ3v) is 4.74. The highest BCUT2D eigenvalue weighted by molar-refractivity contribution is 6.30. The molecule has 8 heteroatoms. The largest absolute Gasteiger partial charge is 0.450 e. The molecule has 1 amide bonds. The summed E-state index contributed by atoms with van der Waals surface area (Å²) in [7, 11) is 1.83. The maximum atomic E-state index is 14.2. The van der Waals surface area contributed by atoms with E-state index < -0.39 is 5.82 Å². The third kappa shape index (κ3) is 4.73. The van der Waals surface area contributed by atoms with Crippen molar-refractivity contribution in [3.8, 4) is 22.6 Å². The number of carbonyl (C=O) groups excluding carboxylic acids is 1. The number of nitrogens with one attached hydrogen (secondary N) is 1. The van der Waals surface area contributed by atoms with Crippen molar-refractivity contribution < 1.29 is 13.9 Å². The Morgan fingerprint density at radius 2 is 1.90 bits per heavy atom. The van der Waals surface area contributed by atoms with Crippen LogP contribution in [0, 0.1) is 12.7 Å². The fourth-order valence-electron chi connectivity index (χ4n) is 2.98. The number of amides is 1. The highest BCUT2D eigenvalue weighted by Gasteiger charge is 2.15. The third-order valence-electron chi connectivity index (χ3n) is 4.51. The lowest BCUT2D eigenvalue weighted by molar-refractivity contribution is 0.102. The van der Waals surface area contributed by atoms with Crippen molar-refractivity contribution >= 4 is 23.3 Å². The lowest BCUT2D eigenvalue weighted by Crippen LogP contribution is -2.14. The Bertz CT molecular complexity index is 1270. The predicted octanol–water partition coefficient (Wildman–Crippen LogP) is 5.63.